The van der Waals surface area contributed by atoms with Crippen LogP contribution in [0.4, 0.5) is 5.69 Å². The van der Waals surface area contributed by atoms with Crippen LogP contribution in [0.15, 0.2) is 18.2 Å². The maximum atomic E-state index is 3.58. The number of nitrogens with one attached hydrogen (secondary N) is 1. The summed E-state index contributed by atoms with van der Waals surface area (Å²) in [6.45, 7) is 7.44. The molecule has 2 saturated heterocycles. The van der Waals surface area contributed by atoms with Gasteiger partial charge in [0.05, 0.1) is 0 Å². The molecule has 0 radical (unpaired) electrons. The quantitative estimate of drug-likeness (QED) is 0.921. The monoisotopic (exact) mass is 285 g/mol. The Morgan fingerprint density at radius 1 is 1.10 bits per heavy atom. The Morgan fingerprint density at radius 3 is 2.90 bits per heavy atom. The number of hydrogen-bond donors (Lipinski definition) is 1. The molecule has 0 saturated carbocycles. The molecule has 3 aliphatic heterocycles. The summed E-state index contributed by atoms with van der Waals surface area (Å²) < 4.78 is 0. The van der Waals surface area contributed by atoms with Gasteiger partial charge >= 0.3 is 0 Å². The third-order valence-electron chi connectivity index (χ3n) is 5.48. The van der Waals surface area contributed by atoms with Crippen LogP contribution >= 0.6 is 0 Å². The molecule has 0 spiro atoms. The molecular formula is C18H27N3. The maximum absolute atomic E-state index is 3.58. The summed E-state index contributed by atoms with van der Waals surface area (Å²) in [6, 6.07) is 7.64. The number of rotatable bonds is 3. The molecule has 1 aromatic rings. The molecule has 0 aliphatic carbocycles. The van der Waals surface area contributed by atoms with Gasteiger partial charge in [-0.2, -0.15) is 0 Å². The topological polar surface area (TPSA) is 18.5 Å². The van der Waals surface area contributed by atoms with Gasteiger partial charge in [0, 0.05) is 37.9 Å². The number of fused-ring (bicyclic) bond motifs is 1. The zero-order valence-corrected chi connectivity index (χ0v) is 13.0. The average Bonchev–Trinajstić information content (AvgIpc) is 3.17. The molecule has 0 amide bonds. The van der Waals surface area contributed by atoms with E-state index < -0.39 is 0 Å². The Kier molecular flexibility index (Phi) is 3.87. The lowest BCUT2D eigenvalue weighted by Crippen LogP contribution is -2.40. The summed E-state index contributed by atoms with van der Waals surface area (Å²) in [4.78, 5) is 5.41. The van der Waals surface area contributed by atoms with Crippen LogP contribution in [0.5, 0.6) is 0 Å². The second kappa shape index (κ2) is 5.98. The molecule has 4 rings (SSSR count). The van der Waals surface area contributed by atoms with E-state index in [1.54, 1.807) is 0 Å². The molecule has 3 aliphatic rings. The molecule has 1 atom stereocenters. The fourth-order valence-electron chi connectivity index (χ4n) is 4.32. The largest absolute Gasteiger partial charge is 0.384 e. The summed E-state index contributed by atoms with van der Waals surface area (Å²) in [7, 11) is 0. The van der Waals surface area contributed by atoms with E-state index in [1.165, 1.54) is 75.1 Å². The number of para-hydroxylation sites is 1. The summed E-state index contributed by atoms with van der Waals surface area (Å²) in [5, 5.41) is 3.58. The van der Waals surface area contributed by atoms with Gasteiger partial charge < -0.3 is 5.32 Å². The first kappa shape index (κ1) is 13.6. The Bertz CT molecular complexity index is 493. The summed E-state index contributed by atoms with van der Waals surface area (Å²) in [6.07, 6.45) is 6.82. The zero-order chi connectivity index (χ0) is 14.1. The van der Waals surface area contributed by atoms with Gasteiger partial charge in [-0.05, 0) is 49.9 Å². The first-order chi connectivity index (χ1) is 10.4. The Labute approximate surface area is 128 Å². The molecule has 2 fully saturated rings. The van der Waals surface area contributed by atoms with Crippen LogP contribution in [-0.4, -0.2) is 48.6 Å². The highest BCUT2D eigenvalue weighted by Crippen LogP contribution is 2.29. The van der Waals surface area contributed by atoms with E-state index in [2.05, 4.69) is 33.3 Å². The smallest absolute Gasteiger partial charge is 0.0419 e. The van der Waals surface area contributed by atoms with Crippen molar-refractivity contribution >= 4 is 5.69 Å². The Hall–Kier alpha value is -1.06. The van der Waals surface area contributed by atoms with Crippen molar-refractivity contribution < 1.29 is 0 Å². The molecule has 1 aromatic carbocycles. The molecule has 21 heavy (non-hydrogen) atoms. The lowest BCUT2D eigenvalue weighted by atomic mass is 10.1. The molecule has 0 aromatic heterocycles. The van der Waals surface area contributed by atoms with Gasteiger partial charge in [-0.3, -0.25) is 9.80 Å². The van der Waals surface area contributed by atoms with Gasteiger partial charge in [0.1, 0.15) is 0 Å². The van der Waals surface area contributed by atoms with Crippen molar-refractivity contribution in [3.8, 4) is 0 Å². The lowest BCUT2D eigenvalue weighted by Gasteiger charge is -2.32. The predicted octanol–water partition coefficient (Wildman–Crippen LogP) is 2.71. The lowest BCUT2D eigenvalue weighted by molar-refractivity contribution is 0.161. The minimum atomic E-state index is 0.815. The number of piperidine rings is 1. The highest BCUT2D eigenvalue weighted by Gasteiger charge is 2.29. The van der Waals surface area contributed by atoms with E-state index in [-0.39, 0.29) is 0 Å². The fourth-order valence-corrected chi connectivity index (χ4v) is 4.32. The Balaban J connectivity index is 1.39. The minimum absolute atomic E-state index is 0.815. The number of anilines is 1. The van der Waals surface area contributed by atoms with Gasteiger partial charge in [0.2, 0.25) is 0 Å². The predicted molar refractivity (Wildman–Crippen MR) is 87.7 cm³/mol. The average molecular weight is 285 g/mol. The van der Waals surface area contributed by atoms with E-state index in [0.717, 1.165) is 19.1 Å². The second-order valence-electron chi connectivity index (χ2n) is 6.90. The molecule has 3 heterocycles. The van der Waals surface area contributed by atoms with Crippen molar-refractivity contribution in [2.24, 2.45) is 0 Å². The van der Waals surface area contributed by atoms with E-state index in [0.29, 0.717) is 0 Å². The van der Waals surface area contributed by atoms with Crippen LogP contribution < -0.4 is 5.32 Å². The highest BCUT2D eigenvalue weighted by molar-refractivity contribution is 5.61. The zero-order valence-electron chi connectivity index (χ0n) is 13.0. The van der Waals surface area contributed by atoms with Gasteiger partial charge in [-0.1, -0.05) is 24.6 Å². The normalized spacial score (nSPS) is 26.8. The van der Waals surface area contributed by atoms with Gasteiger partial charge in [-0.25, -0.2) is 0 Å². The molecule has 1 N–H and O–H groups in total. The first-order valence-corrected chi connectivity index (χ1v) is 8.71. The van der Waals surface area contributed by atoms with Crippen molar-refractivity contribution in [2.75, 3.05) is 38.0 Å². The number of nitrogens with zero attached hydrogens (tertiary/aromatic N) is 2. The molecule has 3 heteroatoms. The molecule has 1 unspecified atom stereocenters. The van der Waals surface area contributed by atoms with E-state index in [4.69, 9.17) is 0 Å². The van der Waals surface area contributed by atoms with Gasteiger partial charge in [0.25, 0.3) is 0 Å². The van der Waals surface area contributed by atoms with E-state index in [9.17, 15) is 0 Å². The molecule has 3 nitrogen and oxygen atoms in total. The van der Waals surface area contributed by atoms with E-state index >= 15 is 0 Å². The van der Waals surface area contributed by atoms with E-state index in [1.807, 2.05) is 0 Å². The SMILES string of the molecule is c1cc2c(c(CN3CCC(N4CCCCC4)C3)c1)NCC2. The highest BCUT2D eigenvalue weighted by atomic mass is 15.3. The van der Waals surface area contributed by atoms with Gasteiger partial charge in [0.15, 0.2) is 0 Å². The number of hydrogen-bond acceptors (Lipinski definition) is 3. The summed E-state index contributed by atoms with van der Waals surface area (Å²) >= 11 is 0. The maximum Gasteiger partial charge on any atom is 0.0419 e. The van der Waals surface area contributed by atoms with Crippen LogP contribution in [0.3, 0.4) is 0 Å². The van der Waals surface area contributed by atoms with Crippen molar-refractivity contribution in [3.05, 3.63) is 29.3 Å². The minimum Gasteiger partial charge on any atom is -0.384 e. The first-order valence-electron chi connectivity index (χ1n) is 8.71. The molecule has 0 bridgehead atoms. The van der Waals surface area contributed by atoms with Gasteiger partial charge in [-0.15, -0.1) is 0 Å². The van der Waals surface area contributed by atoms with Crippen molar-refractivity contribution in [1.29, 1.82) is 0 Å². The number of likely N-dealkylation sites (tertiary alicyclic amines) is 2. The molecular weight excluding hydrogens is 258 g/mol. The fraction of sp³-hybridized carbons (Fsp3) is 0.667. The third kappa shape index (κ3) is 2.82. The number of benzene rings is 1. The van der Waals surface area contributed by atoms with Crippen LogP contribution in [-0.2, 0) is 13.0 Å². The van der Waals surface area contributed by atoms with Crippen molar-refractivity contribution in [3.63, 3.8) is 0 Å². The third-order valence-corrected chi connectivity index (χ3v) is 5.48. The van der Waals surface area contributed by atoms with Crippen LogP contribution in [0.1, 0.15) is 36.8 Å². The standard InChI is InChI=1S/C18H27N3/c1-2-10-21(11-3-1)17-8-12-20(14-17)13-16-6-4-5-15-7-9-19-18(15)16/h4-6,17,19H,1-3,7-14H2. The summed E-state index contributed by atoms with van der Waals surface area (Å²) in [5.74, 6) is 0. The summed E-state index contributed by atoms with van der Waals surface area (Å²) in [5.41, 5.74) is 4.45. The van der Waals surface area contributed by atoms with Crippen molar-refractivity contribution in [2.45, 2.75) is 44.7 Å². The second-order valence-corrected chi connectivity index (χ2v) is 6.90. The van der Waals surface area contributed by atoms with Crippen molar-refractivity contribution in [1.82, 2.24) is 9.80 Å². The Morgan fingerprint density at radius 2 is 2.00 bits per heavy atom. The van der Waals surface area contributed by atoms with Crippen LogP contribution in [0.25, 0.3) is 0 Å². The van der Waals surface area contributed by atoms with Crippen LogP contribution in [0, 0.1) is 0 Å². The molecule has 114 valence electrons. The van der Waals surface area contributed by atoms with Crippen LogP contribution in [0.2, 0.25) is 0 Å².